The van der Waals surface area contributed by atoms with Crippen LogP contribution in [0, 0.1) is 0 Å². The van der Waals surface area contributed by atoms with Crippen LogP contribution in [0.15, 0.2) is 43.2 Å². The van der Waals surface area contributed by atoms with Gasteiger partial charge in [0.25, 0.3) is 0 Å². The van der Waals surface area contributed by atoms with E-state index in [0.717, 1.165) is 25.3 Å². The first kappa shape index (κ1) is 19.7. The second-order valence-corrected chi connectivity index (χ2v) is 9.27. The maximum absolute atomic E-state index is 4.18. The van der Waals surface area contributed by atoms with Crippen LogP contribution >= 0.6 is 0 Å². The lowest BCUT2D eigenvalue weighted by Gasteiger charge is -2.25. The van der Waals surface area contributed by atoms with Gasteiger partial charge in [-0.3, -0.25) is 4.98 Å². The highest BCUT2D eigenvalue weighted by atomic mass is 15.2. The van der Waals surface area contributed by atoms with Crippen molar-refractivity contribution in [1.29, 1.82) is 0 Å². The second-order valence-electron chi connectivity index (χ2n) is 9.27. The third-order valence-corrected chi connectivity index (χ3v) is 7.29. The number of hydrogen-bond donors (Lipinski definition) is 2. The van der Waals surface area contributed by atoms with Crippen LogP contribution in [0.5, 0.6) is 0 Å². The smallest absolute Gasteiger partial charge is 0.115 e. The number of pyridine rings is 1. The molecule has 0 saturated carbocycles. The topological polar surface area (TPSA) is 69.2 Å². The minimum atomic E-state index is 0.385. The lowest BCUT2D eigenvalue weighted by atomic mass is 9.97. The molecule has 4 fully saturated rings. The second kappa shape index (κ2) is 8.47. The molecule has 30 heavy (non-hydrogen) atoms. The van der Waals surface area contributed by atoms with Crippen LogP contribution < -0.4 is 20.4 Å². The van der Waals surface area contributed by atoms with Crippen LogP contribution in [0.25, 0.3) is 0 Å². The summed E-state index contributed by atoms with van der Waals surface area (Å²) in [5.74, 6) is 0. The van der Waals surface area contributed by atoms with E-state index in [0.29, 0.717) is 11.1 Å². The molecule has 4 saturated heterocycles. The highest BCUT2D eigenvalue weighted by Crippen LogP contribution is 2.33. The van der Waals surface area contributed by atoms with Gasteiger partial charge in [-0.25, -0.2) is 9.97 Å². The molecule has 160 valence electrons. The van der Waals surface area contributed by atoms with Crippen molar-refractivity contribution in [1.82, 2.24) is 25.6 Å². The average molecular weight is 408 g/mol. The Morgan fingerprint density at radius 3 is 1.87 bits per heavy atom. The van der Waals surface area contributed by atoms with Crippen molar-refractivity contribution in [2.75, 3.05) is 49.1 Å². The van der Waals surface area contributed by atoms with Crippen LogP contribution in [0.2, 0.25) is 0 Å². The van der Waals surface area contributed by atoms with Crippen LogP contribution in [0.4, 0.5) is 11.4 Å². The Bertz CT molecular complexity index is 731. The van der Waals surface area contributed by atoms with Crippen LogP contribution in [0.1, 0.15) is 38.5 Å². The molecule has 2 N–H and O–H groups in total. The molecule has 2 unspecified atom stereocenters. The minimum Gasteiger partial charge on any atom is -0.368 e. The summed E-state index contributed by atoms with van der Waals surface area (Å²) in [5.41, 5.74) is 3.22. The highest BCUT2D eigenvalue weighted by molar-refractivity contribution is 5.46. The van der Waals surface area contributed by atoms with Gasteiger partial charge < -0.3 is 20.4 Å². The predicted molar refractivity (Wildman–Crippen MR) is 120 cm³/mol. The van der Waals surface area contributed by atoms with E-state index in [9.17, 15) is 0 Å². The first-order valence-corrected chi connectivity index (χ1v) is 11.4. The van der Waals surface area contributed by atoms with Crippen molar-refractivity contribution in [2.45, 2.75) is 49.6 Å². The van der Waals surface area contributed by atoms with E-state index in [-0.39, 0.29) is 0 Å². The molecule has 0 radical (unpaired) electrons. The van der Waals surface area contributed by atoms with Crippen molar-refractivity contribution >= 4 is 11.4 Å². The largest absolute Gasteiger partial charge is 0.368 e. The van der Waals surface area contributed by atoms with E-state index in [4.69, 9.17) is 0 Å². The zero-order chi connectivity index (χ0) is 20.3. The summed E-state index contributed by atoms with van der Waals surface area (Å²) >= 11 is 0. The Kier molecular flexibility index (Phi) is 5.56. The summed E-state index contributed by atoms with van der Waals surface area (Å²) in [5, 5.41) is 7.32. The SMILES string of the molecule is c1cncc(N2CCC3(CCCN3)C2)c1.c1ncc(N2CCC3(CCCN3)C2)cn1. The molecular weight excluding hydrogens is 374 g/mol. The van der Waals surface area contributed by atoms with E-state index in [1.807, 2.05) is 30.9 Å². The Morgan fingerprint density at radius 2 is 1.33 bits per heavy atom. The molecule has 4 aliphatic heterocycles. The monoisotopic (exact) mass is 407 g/mol. The molecule has 2 aromatic rings. The predicted octanol–water partition coefficient (Wildman–Crippen LogP) is 2.22. The van der Waals surface area contributed by atoms with E-state index in [1.165, 1.54) is 63.8 Å². The molecule has 7 heteroatoms. The summed E-state index contributed by atoms with van der Waals surface area (Å²) < 4.78 is 0. The summed E-state index contributed by atoms with van der Waals surface area (Å²) in [6.45, 7) is 6.93. The summed E-state index contributed by atoms with van der Waals surface area (Å²) in [6.07, 6.45) is 17.0. The molecule has 6 rings (SSSR count). The van der Waals surface area contributed by atoms with Gasteiger partial charge in [0.15, 0.2) is 0 Å². The average Bonchev–Trinajstić information content (AvgIpc) is 3.61. The van der Waals surface area contributed by atoms with Gasteiger partial charge in [0.2, 0.25) is 0 Å². The lowest BCUT2D eigenvalue weighted by Crippen LogP contribution is -2.42. The molecule has 0 bridgehead atoms. The number of hydrogen-bond acceptors (Lipinski definition) is 7. The van der Waals surface area contributed by atoms with Gasteiger partial charge in [0.1, 0.15) is 6.33 Å². The number of aromatic nitrogens is 3. The van der Waals surface area contributed by atoms with Crippen molar-refractivity contribution in [3.8, 4) is 0 Å². The summed E-state index contributed by atoms with van der Waals surface area (Å²) in [6, 6.07) is 4.17. The third kappa shape index (κ3) is 4.14. The fourth-order valence-electron chi connectivity index (χ4n) is 5.62. The zero-order valence-corrected chi connectivity index (χ0v) is 17.8. The van der Waals surface area contributed by atoms with Crippen molar-refractivity contribution in [3.05, 3.63) is 43.2 Å². The standard InChI is InChI=1S/C12H17N3.C11H16N4/c1-3-11(9-13-6-1)15-8-5-12(10-15)4-2-7-14-12;1-2-11(14-4-1)3-5-15(8-11)10-6-12-9-13-7-10/h1,3,6,9,14H,2,4-5,7-8,10H2;6-7,9,14H,1-5,8H2. The van der Waals surface area contributed by atoms with E-state index < -0.39 is 0 Å². The highest BCUT2D eigenvalue weighted by Gasteiger charge is 2.41. The molecule has 2 spiro atoms. The van der Waals surface area contributed by atoms with Crippen molar-refractivity contribution < 1.29 is 0 Å². The van der Waals surface area contributed by atoms with E-state index in [1.54, 1.807) is 6.33 Å². The quantitative estimate of drug-likeness (QED) is 0.791. The van der Waals surface area contributed by atoms with Gasteiger partial charge >= 0.3 is 0 Å². The fourth-order valence-corrected chi connectivity index (χ4v) is 5.62. The van der Waals surface area contributed by atoms with Crippen LogP contribution in [-0.2, 0) is 0 Å². The van der Waals surface area contributed by atoms with Gasteiger partial charge in [-0.2, -0.15) is 0 Å². The van der Waals surface area contributed by atoms with Gasteiger partial charge in [0.05, 0.1) is 30.0 Å². The van der Waals surface area contributed by atoms with Gasteiger partial charge in [-0.05, 0) is 63.7 Å². The van der Waals surface area contributed by atoms with E-state index in [2.05, 4.69) is 41.5 Å². The third-order valence-electron chi connectivity index (χ3n) is 7.29. The summed E-state index contributed by atoms with van der Waals surface area (Å²) in [7, 11) is 0. The first-order chi connectivity index (χ1) is 14.8. The van der Waals surface area contributed by atoms with Crippen molar-refractivity contribution in [2.24, 2.45) is 0 Å². The number of nitrogens with one attached hydrogen (secondary N) is 2. The Morgan fingerprint density at radius 1 is 0.733 bits per heavy atom. The summed E-state index contributed by atoms with van der Waals surface area (Å²) in [4.78, 5) is 17.2. The normalized spacial score (nSPS) is 30.3. The van der Waals surface area contributed by atoms with E-state index >= 15 is 0 Å². The van der Waals surface area contributed by atoms with Crippen LogP contribution in [0.3, 0.4) is 0 Å². The molecular formula is C23H33N7. The lowest BCUT2D eigenvalue weighted by molar-refractivity contribution is 0.418. The Balaban J connectivity index is 0.000000128. The molecule has 2 atom stereocenters. The number of rotatable bonds is 2. The minimum absolute atomic E-state index is 0.385. The molecule has 7 nitrogen and oxygen atoms in total. The van der Waals surface area contributed by atoms with Gasteiger partial charge in [-0.1, -0.05) is 0 Å². The number of anilines is 2. The molecule has 0 aromatic carbocycles. The fraction of sp³-hybridized carbons (Fsp3) is 0.609. The van der Waals surface area contributed by atoms with Crippen LogP contribution in [-0.4, -0.2) is 65.3 Å². The van der Waals surface area contributed by atoms with Crippen molar-refractivity contribution in [3.63, 3.8) is 0 Å². The maximum Gasteiger partial charge on any atom is 0.115 e. The Labute approximate surface area is 179 Å². The zero-order valence-electron chi connectivity index (χ0n) is 17.8. The van der Waals surface area contributed by atoms with Gasteiger partial charge in [-0.15, -0.1) is 0 Å². The number of nitrogens with zero attached hydrogens (tertiary/aromatic N) is 5. The maximum atomic E-state index is 4.18. The molecule has 6 heterocycles. The molecule has 0 aliphatic carbocycles. The Hall–Kier alpha value is -2.25. The van der Waals surface area contributed by atoms with Gasteiger partial charge in [0, 0.05) is 43.5 Å². The molecule has 2 aromatic heterocycles. The first-order valence-electron chi connectivity index (χ1n) is 11.4. The molecule has 0 amide bonds. The molecule has 4 aliphatic rings.